The highest BCUT2D eigenvalue weighted by Crippen LogP contribution is 2.40. The van der Waals surface area contributed by atoms with Crippen LogP contribution in [-0.4, -0.2) is 18.3 Å². The maximum Gasteiger partial charge on any atom is 0.138 e. The Balaban J connectivity index is 1.95. The molecule has 1 aliphatic rings. The van der Waals surface area contributed by atoms with E-state index in [1.807, 2.05) is 31.2 Å². The molecule has 0 saturated heterocycles. The van der Waals surface area contributed by atoms with Crippen molar-refractivity contribution in [3.05, 3.63) is 35.6 Å². The molecule has 1 aromatic carbocycles. The fourth-order valence-electron chi connectivity index (χ4n) is 2.54. The summed E-state index contributed by atoms with van der Waals surface area (Å²) in [6, 6.07) is 7.93. The van der Waals surface area contributed by atoms with Gasteiger partial charge in [0, 0.05) is 12.5 Å². The van der Waals surface area contributed by atoms with E-state index >= 15 is 0 Å². The summed E-state index contributed by atoms with van der Waals surface area (Å²) in [5.41, 5.74) is 1.95. The predicted octanol–water partition coefficient (Wildman–Crippen LogP) is 3.20. The standard InChI is InChI=1S/C15H18O3/c1-9-4-3-5-11-8-12(18-14(9)11)13(16)15(17-2)10-6-7-10/h3-5,8,10,13,15-16H,6-7H2,1-2H3. The van der Waals surface area contributed by atoms with Crippen molar-refractivity contribution in [2.24, 2.45) is 5.92 Å². The third-order valence-corrected chi connectivity index (χ3v) is 3.72. The lowest BCUT2D eigenvalue weighted by Gasteiger charge is -2.19. The topological polar surface area (TPSA) is 42.6 Å². The van der Waals surface area contributed by atoms with Crippen molar-refractivity contribution >= 4 is 11.0 Å². The van der Waals surface area contributed by atoms with Gasteiger partial charge >= 0.3 is 0 Å². The summed E-state index contributed by atoms with van der Waals surface area (Å²) in [5.74, 6) is 1.08. The molecule has 0 spiro atoms. The fraction of sp³-hybridized carbons (Fsp3) is 0.467. The van der Waals surface area contributed by atoms with Gasteiger partial charge in [-0.05, 0) is 37.3 Å². The highest BCUT2D eigenvalue weighted by molar-refractivity contribution is 5.80. The minimum Gasteiger partial charge on any atom is -0.458 e. The second-order valence-corrected chi connectivity index (χ2v) is 5.12. The van der Waals surface area contributed by atoms with Crippen molar-refractivity contribution in [2.75, 3.05) is 7.11 Å². The van der Waals surface area contributed by atoms with E-state index < -0.39 is 6.10 Å². The van der Waals surface area contributed by atoms with Crippen LogP contribution in [-0.2, 0) is 4.74 Å². The van der Waals surface area contributed by atoms with E-state index in [2.05, 4.69) is 0 Å². The van der Waals surface area contributed by atoms with Gasteiger partial charge in [0.2, 0.25) is 0 Å². The van der Waals surface area contributed by atoms with E-state index in [9.17, 15) is 5.11 Å². The maximum absolute atomic E-state index is 10.4. The van der Waals surface area contributed by atoms with Crippen molar-refractivity contribution in [1.82, 2.24) is 0 Å². The quantitative estimate of drug-likeness (QED) is 0.900. The zero-order chi connectivity index (χ0) is 12.7. The van der Waals surface area contributed by atoms with Crippen LogP contribution in [0.4, 0.5) is 0 Å². The number of aliphatic hydroxyl groups excluding tert-OH is 1. The number of ether oxygens (including phenoxy) is 1. The summed E-state index contributed by atoms with van der Waals surface area (Å²) < 4.78 is 11.2. The average molecular weight is 246 g/mol. The zero-order valence-corrected chi connectivity index (χ0v) is 10.7. The van der Waals surface area contributed by atoms with Gasteiger partial charge in [-0.2, -0.15) is 0 Å². The molecule has 3 heteroatoms. The van der Waals surface area contributed by atoms with Crippen molar-refractivity contribution in [3.63, 3.8) is 0 Å². The number of methoxy groups -OCH3 is 1. The maximum atomic E-state index is 10.4. The summed E-state index contributed by atoms with van der Waals surface area (Å²) in [6.45, 7) is 2.01. The molecule has 1 fully saturated rings. The van der Waals surface area contributed by atoms with E-state index in [-0.39, 0.29) is 6.10 Å². The van der Waals surface area contributed by atoms with E-state index in [0.29, 0.717) is 11.7 Å². The average Bonchev–Trinajstić information content (AvgIpc) is 3.08. The largest absolute Gasteiger partial charge is 0.458 e. The van der Waals surface area contributed by atoms with E-state index in [0.717, 1.165) is 29.4 Å². The Hall–Kier alpha value is -1.32. The molecule has 96 valence electrons. The number of hydrogen-bond acceptors (Lipinski definition) is 3. The summed E-state index contributed by atoms with van der Waals surface area (Å²) in [6.07, 6.45) is 1.45. The van der Waals surface area contributed by atoms with Crippen molar-refractivity contribution in [2.45, 2.75) is 32.0 Å². The normalized spacial score (nSPS) is 19.1. The molecule has 3 nitrogen and oxygen atoms in total. The van der Waals surface area contributed by atoms with Gasteiger partial charge in [-0.15, -0.1) is 0 Å². The van der Waals surface area contributed by atoms with Gasteiger partial charge in [0.15, 0.2) is 0 Å². The van der Waals surface area contributed by atoms with Crippen LogP contribution in [0.3, 0.4) is 0 Å². The van der Waals surface area contributed by atoms with Crippen LogP contribution < -0.4 is 0 Å². The smallest absolute Gasteiger partial charge is 0.138 e. The van der Waals surface area contributed by atoms with Gasteiger partial charge in [-0.1, -0.05) is 18.2 Å². The molecule has 1 aliphatic carbocycles. The lowest BCUT2D eigenvalue weighted by molar-refractivity contribution is -0.0348. The first kappa shape index (κ1) is 11.8. The summed E-state index contributed by atoms with van der Waals surface area (Å²) in [7, 11) is 1.65. The fourth-order valence-corrected chi connectivity index (χ4v) is 2.54. The van der Waals surface area contributed by atoms with Crippen LogP contribution in [0.2, 0.25) is 0 Å². The van der Waals surface area contributed by atoms with Gasteiger partial charge in [-0.25, -0.2) is 0 Å². The van der Waals surface area contributed by atoms with Gasteiger partial charge in [0.05, 0.1) is 6.10 Å². The second kappa shape index (κ2) is 4.41. The summed E-state index contributed by atoms with van der Waals surface area (Å²) in [4.78, 5) is 0. The van der Waals surface area contributed by atoms with Crippen LogP contribution in [0.25, 0.3) is 11.0 Å². The highest BCUT2D eigenvalue weighted by atomic mass is 16.5. The van der Waals surface area contributed by atoms with Gasteiger partial charge < -0.3 is 14.3 Å². The zero-order valence-electron chi connectivity index (χ0n) is 10.7. The lowest BCUT2D eigenvalue weighted by atomic mass is 10.1. The van der Waals surface area contributed by atoms with Gasteiger partial charge in [0.1, 0.15) is 17.4 Å². The molecule has 0 amide bonds. The molecule has 2 aromatic rings. The molecule has 1 heterocycles. The van der Waals surface area contributed by atoms with Crippen LogP contribution >= 0.6 is 0 Å². The molecule has 1 aromatic heterocycles. The Bertz CT molecular complexity index is 554. The molecule has 0 radical (unpaired) electrons. The third kappa shape index (κ3) is 1.93. The number of fused-ring (bicyclic) bond motifs is 1. The number of benzene rings is 1. The lowest BCUT2D eigenvalue weighted by Crippen LogP contribution is -2.22. The Morgan fingerprint density at radius 3 is 2.78 bits per heavy atom. The minimum absolute atomic E-state index is 0.147. The summed E-state index contributed by atoms with van der Waals surface area (Å²) in [5, 5.41) is 11.4. The number of hydrogen-bond donors (Lipinski definition) is 1. The van der Waals surface area contributed by atoms with Gasteiger partial charge in [0.25, 0.3) is 0 Å². The first-order valence-electron chi connectivity index (χ1n) is 6.40. The van der Waals surface area contributed by atoms with Crippen LogP contribution in [0.5, 0.6) is 0 Å². The van der Waals surface area contributed by atoms with Crippen molar-refractivity contribution < 1.29 is 14.3 Å². The molecule has 2 atom stereocenters. The highest BCUT2D eigenvalue weighted by Gasteiger charge is 2.38. The first-order valence-corrected chi connectivity index (χ1v) is 6.40. The molecule has 1 N–H and O–H groups in total. The molecule has 18 heavy (non-hydrogen) atoms. The first-order chi connectivity index (χ1) is 8.70. The SMILES string of the molecule is COC(C1CC1)C(O)c1cc2cccc(C)c2o1. The van der Waals surface area contributed by atoms with E-state index in [4.69, 9.17) is 9.15 Å². The molecule has 1 saturated carbocycles. The van der Waals surface area contributed by atoms with Crippen molar-refractivity contribution in [3.8, 4) is 0 Å². The third-order valence-electron chi connectivity index (χ3n) is 3.72. The number of rotatable bonds is 4. The monoisotopic (exact) mass is 246 g/mol. The van der Waals surface area contributed by atoms with Crippen LogP contribution in [0.15, 0.2) is 28.7 Å². The molecule has 0 aliphatic heterocycles. The Labute approximate surface area is 106 Å². The summed E-state index contributed by atoms with van der Waals surface area (Å²) >= 11 is 0. The number of aryl methyl sites for hydroxylation is 1. The molecular weight excluding hydrogens is 228 g/mol. The van der Waals surface area contributed by atoms with Crippen molar-refractivity contribution in [1.29, 1.82) is 0 Å². The van der Waals surface area contributed by atoms with E-state index in [1.54, 1.807) is 7.11 Å². The molecule has 2 unspecified atom stereocenters. The predicted molar refractivity (Wildman–Crippen MR) is 69.4 cm³/mol. The van der Waals surface area contributed by atoms with E-state index in [1.165, 1.54) is 0 Å². The van der Waals surface area contributed by atoms with Crippen LogP contribution in [0.1, 0.15) is 30.3 Å². The molecule has 0 bridgehead atoms. The Morgan fingerprint density at radius 1 is 1.39 bits per heavy atom. The number of para-hydroxylation sites is 1. The molecule has 3 rings (SSSR count). The minimum atomic E-state index is -0.672. The molecular formula is C15H18O3. The second-order valence-electron chi connectivity index (χ2n) is 5.12. The van der Waals surface area contributed by atoms with Gasteiger partial charge in [-0.3, -0.25) is 0 Å². The Morgan fingerprint density at radius 2 is 2.17 bits per heavy atom. The van der Waals surface area contributed by atoms with Crippen LogP contribution in [0, 0.1) is 12.8 Å². The Kier molecular flexibility index (Phi) is 2.88. The number of furan rings is 1. The number of aliphatic hydroxyl groups is 1.